The summed E-state index contributed by atoms with van der Waals surface area (Å²) in [6, 6.07) is 7.20. The summed E-state index contributed by atoms with van der Waals surface area (Å²) in [5.41, 5.74) is -0.417. The van der Waals surface area contributed by atoms with Crippen LogP contribution in [-0.4, -0.2) is 32.3 Å². The van der Waals surface area contributed by atoms with Crippen molar-refractivity contribution < 1.29 is 23.5 Å². The number of imidazole rings is 1. The molecule has 3 aromatic rings. The van der Waals surface area contributed by atoms with Crippen LogP contribution in [0.3, 0.4) is 0 Å². The minimum absolute atomic E-state index is 0.0474. The monoisotopic (exact) mass is 548 g/mol. The number of hydrogen-bond acceptors (Lipinski definition) is 6. The van der Waals surface area contributed by atoms with Crippen LogP contribution in [0.2, 0.25) is 0 Å². The molecule has 210 valence electrons. The Bertz CT molecular complexity index is 1490. The number of carbonyl (C=O) groups excluding carboxylic acids is 3. The molecule has 2 aromatic heterocycles. The number of allylic oxidation sites excluding steroid dienone is 3. The lowest BCUT2D eigenvalue weighted by atomic mass is 9.85. The van der Waals surface area contributed by atoms with Crippen LogP contribution in [0.1, 0.15) is 53.4 Å². The molecule has 1 aliphatic carbocycles. The van der Waals surface area contributed by atoms with Crippen molar-refractivity contribution in [2.24, 2.45) is 11.3 Å². The lowest BCUT2D eigenvalue weighted by Gasteiger charge is -2.26. The Hall–Kier alpha value is -4.54. The van der Waals surface area contributed by atoms with Crippen LogP contribution in [-0.2, 0) is 14.4 Å². The van der Waals surface area contributed by atoms with Crippen molar-refractivity contribution in [2.75, 3.05) is 10.6 Å². The lowest BCUT2D eigenvalue weighted by Crippen LogP contribution is -2.46. The maximum atomic E-state index is 15.0. The van der Waals surface area contributed by atoms with Crippen molar-refractivity contribution in [1.82, 2.24) is 19.9 Å². The smallest absolute Gasteiger partial charge is 0.239 e. The van der Waals surface area contributed by atoms with E-state index in [0.717, 1.165) is 18.9 Å². The fourth-order valence-corrected chi connectivity index (χ4v) is 3.85. The van der Waals surface area contributed by atoms with E-state index in [-0.39, 0.29) is 35.6 Å². The molecular weight excluding hydrogens is 515 g/mol. The number of rotatable bonds is 11. The number of nitrogens with one attached hydrogen (secondary N) is 3. The highest BCUT2D eigenvalue weighted by Crippen LogP contribution is 2.31. The van der Waals surface area contributed by atoms with E-state index in [9.17, 15) is 18.8 Å². The average molecular weight is 549 g/mol. The van der Waals surface area contributed by atoms with Gasteiger partial charge in [0.1, 0.15) is 17.0 Å². The molecule has 1 saturated carbocycles. The zero-order chi connectivity index (χ0) is 28.9. The van der Waals surface area contributed by atoms with E-state index in [1.165, 1.54) is 23.6 Å². The van der Waals surface area contributed by atoms with Gasteiger partial charge in [-0.3, -0.25) is 14.4 Å². The van der Waals surface area contributed by atoms with Gasteiger partial charge in [-0.2, -0.15) is 0 Å². The number of amides is 3. The third-order valence-electron chi connectivity index (χ3n) is 6.64. The van der Waals surface area contributed by atoms with Crippen molar-refractivity contribution in [1.29, 1.82) is 0 Å². The number of aromatic nitrogens is 3. The van der Waals surface area contributed by atoms with Crippen LogP contribution in [0, 0.1) is 17.2 Å². The van der Waals surface area contributed by atoms with Crippen LogP contribution >= 0.6 is 0 Å². The van der Waals surface area contributed by atoms with E-state index in [4.69, 9.17) is 4.74 Å². The Kier molecular flexibility index (Phi) is 8.61. The minimum atomic E-state index is -1.43. The summed E-state index contributed by atoms with van der Waals surface area (Å²) in [6.45, 7) is 7.01. The second kappa shape index (κ2) is 12.1. The summed E-state index contributed by atoms with van der Waals surface area (Å²) in [5, 5.41) is 12.4. The molecule has 0 aliphatic heterocycles. The predicted octanol–water partition coefficient (Wildman–Crippen LogP) is 5.35. The van der Waals surface area contributed by atoms with Gasteiger partial charge in [0.05, 0.1) is 11.9 Å². The summed E-state index contributed by atoms with van der Waals surface area (Å²) >= 11 is 0. The minimum Gasteiger partial charge on any atom is -0.437 e. The van der Waals surface area contributed by atoms with Crippen molar-refractivity contribution in [3.63, 3.8) is 0 Å². The number of nitrogens with zero attached hydrogens (tertiary/aromatic N) is 3. The van der Waals surface area contributed by atoms with E-state index in [2.05, 4.69) is 26.0 Å². The first-order valence-corrected chi connectivity index (χ1v) is 13.3. The molecule has 3 amide bonds. The van der Waals surface area contributed by atoms with E-state index < -0.39 is 23.0 Å². The predicted molar refractivity (Wildman–Crippen MR) is 149 cm³/mol. The molecule has 40 heavy (non-hydrogen) atoms. The summed E-state index contributed by atoms with van der Waals surface area (Å²) < 4.78 is 22.1. The van der Waals surface area contributed by atoms with Gasteiger partial charge in [0.2, 0.25) is 23.6 Å². The van der Waals surface area contributed by atoms with Gasteiger partial charge in [0.15, 0.2) is 11.5 Å². The first-order valence-electron chi connectivity index (χ1n) is 13.3. The normalized spacial score (nSPS) is 15.1. The van der Waals surface area contributed by atoms with Crippen molar-refractivity contribution in [3.05, 3.63) is 66.3 Å². The average Bonchev–Trinajstić information content (AvgIpc) is 3.70. The van der Waals surface area contributed by atoms with Gasteiger partial charge < -0.3 is 20.7 Å². The molecule has 10 nitrogen and oxygen atoms in total. The molecule has 2 heterocycles. The van der Waals surface area contributed by atoms with Crippen LogP contribution in [0.15, 0.2) is 60.5 Å². The first-order chi connectivity index (χ1) is 19.2. The summed E-state index contributed by atoms with van der Waals surface area (Å²) in [6.07, 6.45) is 9.64. The molecule has 1 aromatic carbocycles. The highest BCUT2D eigenvalue weighted by molar-refractivity contribution is 6.10. The highest BCUT2D eigenvalue weighted by Gasteiger charge is 2.40. The van der Waals surface area contributed by atoms with Crippen molar-refractivity contribution in [3.8, 4) is 11.6 Å². The van der Waals surface area contributed by atoms with Crippen molar-refractivity contribution in [2.45, 2.75) is 53.4 Å². The van der Waals surface area contributed by atoms with Gasteiger partial charge in [0.25, 0.3) is 0 Å². The molecule has 1 atom stereocenters. The van der Waals surface area contributed by atoms with E-state index >= 15 is 0 Å². The summed E-state index contributed by atoms with van der Waals surface area (Å²) in [7, 11) is 0. The van der Waals surface area contributed by atoms with Gasteiger partial charge in [0, 0.05) is 23.7 Å². The Balaban J connectivity index is 1.43. The van der Waals surface area contributed by atoms with E-state index in [1.54, 1.807) is 37.4 Å². The number of halogens is 1. The van der Waals surface area contributed by atoms with Crippen LogP contribution < -0.4 is 20.7 Å². The molecule has 1 unspecified atom stereocenters. The van der Waals surface area contributed by atoms with Gasteiger partial charge in [-0.1, -0.05) is 26.0 Å². The quantitative estimate of drug-likeness (QED) is 0.219. The van der Waals surface area contributed by atoms with E-state index in [0.29, 0.717) is 23.6 Å². The van der Waals surface area contributed by atoms with Crippen molar-refractivity contribution >= 4 is 34.9 Å². The number of anilines is 2. The lowest BCUT2D eigenvalue weighted by molar-refractivity contribution is -0.139. The van der Waals surface area contributed by atoms with Crippen LogP contribution in [0.5, 0.6) is 11.6 Å². The van der Waals surface area contributed by atoms with Gasteiger partial charge in [-0.15, -0.1) is 5.10 Å². The Morgan fingerprint density at radius 3 is 2.58 bits per heavy atom. The molecule has 0 bridgehead atoms. The van der Waals surface area contributed by atoms with Gasteiger partial charge in [-0.05, 0) is 63.8 Å². The molecule has 0 saturated heterocycles. The second-order valence-corrected chi connectivity index (χ2v) is 9.77. The number of carbonyl (C=O) groups is 3. The largest absolute Gasteiger partial charge is 0.437 e. The maximum Gasteiger partial charge on any atom is 0.239 e. The Labute approximate surface area is 231 Å². The number of fused-ring (bicyclic) bond motifs is 1. The second-order valence-electron chi connectivity index (χ2n) is 9.77. The number of hydrogen-bond donors (Lipinski definition) is 3. The van der Waals surface area contributed by atoms with E-state index in [1.807, 2.05) is 19.9 Å². The fourth-order valence-electron chi connectivity index (χ4n) is 3.85. The number of benzene rings is 1. The van der Waals surface area contributed by atoms with Crippen LogP contribution in [0.4, 0.5) is 15.9 Å². The first kappa shape index (κ1) is 28.5. The highest BCUT2D eigenvalue weighted by atomic mass is 19.1. The molecular formula is C29H33FN6O4. The molecule has 11 heteroatoms. The fraction of sp³-hybridized carbons (Fsp3) is 0.345. The topological polar surface area (TPSA) is 127 Å². The Morgan fingerprint density at radius 1 is 1.15 bits per heavy atom. The molecule has 1 fully saturated rings. The molecule has 1 aliphatic rings. The van der Waals surface area contributed by atoms with Gasteiger partial charge in [-0.25, -0.2) is 13.9 Å². The summed E-state index contributed by atoms with van der Waals surface area (Å²) in [5.74, 6) is -1.15. The summed E-state index contributed by atoms with van der Waals surface area (Å²) in [4.78, 5) is 42.4. The van der Waals surface area contributed by atoms with Gasteiger partial charge >= 0.3 is 0 Å². The van der Waals surface area contributed by atoms with Crippen LogP contribution in [0.25, 0.3) is 5.65 Å². The zero-order valence-electron chi connectivity index (χ0n) is 23.0. The standard InChI is InChI=1S/C29H33FN6O4/c1-5-8-19(9-6-2)31-27(38)29(4,7-3)28(39)32-22-13-12-20(16-21(22)30)40-25-15-14-24-33-23(17-36(24)35-25)34-26(37)18-10-11-18/h5,8-9,12-18H,6-7,10-11H2,1-4H3,(H,31,38)(H,32,39)(H,34,37)/b8-5-,19-9+. The Morgan fingerprint density at radius 2 is 1.93 bits per heavy atom. The maximum absolute atomic E-state index is 15.0. The SMILES string of the molecule is C/C=C\C(=C/CC)NC(=O)C(C)(CC)C(=O)Nc1ccc(Oc2ccc3nc(NC(=O)C4CC4)cn3n2)cc1F. The molecule has 0 radical (unpaired) electrons. The third-order valence-corrected chi connectivity index (χ3v) is 6.64. The third kappa shape index (κ3) is 6.53. The molecule has 0 spiro atoms. The zero-order valence-corrected chi connectivity index (χ0v) is 23.0. The molecule has 4 rings (SSSR count). The number of ether oxygens (including phenoxy) is 1. The molecule has 3 N–H and O–H groups in total.